The molecular formula is C17H16FN5. The topological polar surface area (TPSA) is 62.7 Å². The second kappa shape index (κ2) is 7.31. The SMILES string of the molecule is Fc1ccc(CNc2cnnc(NCc3ccccc3)n2)cc1. The van der Waals surface area contributed by atoms with Gasteiger partial charge in [-0.25, -0.2) is 4.39 Å². The summed E-state index contributed by atoms with van der Waals surface area (Å²) < 4.78 is 12.9. The van der Waals surface area contributed by atoms with Crippen molar-refractivity contribution in [1.82, 2.24) is 15.2 Å². The summed E-state index contributed by atoms with van der Waals surface area (Å²) in [6, 6.07) is 16.3. The number of aromatic nitrogens is 3. The van der Waals surface area contributed by atoms with E-state index in [4.69, 9.17) is 0 Å². The van der Waals surface area contributed by atoms with Gasteiger partial charge in [0.2, 0.25) is 5.95 Å². The molecule has 0 unspecified atom stereocenters. The van der Waals surface area contributed by atoms with E-state index in [1.165, 1.54) is 12.1 Å². The van der Waals surface area contributed by atoms with Gasteiger partial charge in [-0.3, -0.25) is 0 Å². The number of benzene rings is 2. The van der Waals surface area contributed by atoms with Crippen LogP contribution in [0.25, 0.3) is 0 Å². The lowest BCUT2D eigenvalue weighted by Gasteiger charge is -2.08. The van der Waals surface area contributed by atoms with Crippen LogP contribution < -0.4 is 10.6 Å². The summed E-state index contributed by atoms with van der Waals surface area (Å²) in [5.41, 5.74) is 2.10. The molecule has 0 saturated carbocycles. The maximum absolute atomic E-state index is 12.9. The molecule has 0 aliphatic heterocycles. The lowest BCUT2D eigenvalue weighted by molar-refractivity contribution is 0.627. The Morgan fingerprint density at radius 1 is 0.826 bits per heavy atom. The van der Waals surface area contributed by atoms with Crippen molar-refractivity contribution in [3.63, 3.8) is 0 Å². The molecule has 0 amide bonds. The van der Waals surface area contributed by atoms with E-state index in [0.717, 1.165) is 11.1 Å². The average Bonchev–Trinajstić information content (AvgIpc) is 2.61. The van der Waals surface area contributed by atoms with Crippen LogP contribution in [0.1, 0.15) is 11.1 Å². The number of rotatable bonds is 6. The fourth-order valence-electron chi connectivity index (χ4n) is 2.04. The first kappa shape index (κ1) is 14.9. The van der Waals surface area contributed by atoms with Crippen molar-refractivity contribution in [1.29, 1.82) is 0 Å². The zero-order chi connectivity index (χ0) is 15.9. The summed E-state index contributed by atoms with van der Waals surface area (Å²) in [6.45, 7) is 1.17. The molecule has 1 aromatic heterocycles. The van der Waals surface area contributed by atoms with Crippen LogP contribution >= 0.6 is 0 Å². The molecule has 0 aliphatic rings. The van der Waals surface area contributed by atoms with Crippen molar-refractivity contribution >= 4 is 11.8 Å². The molecule has 116 valence electrons. The third-order valence-electron chi connectivity index (χ3n) is 3.24. The van der Waals surface area contributed by atoms with Crippen molar-refractivity contribution < 1.29 is 4.39 Å². The second-order valence-electron chi connectivity index (χ2n) is 4.98. The summed E-state index contributed by atoms with van der Waals surface area (Å²) >= 11 is 0. The molecule has 0 radical (unpaired) electrons. The van der Waals surface area contributed by atoms with Gasteiger partial charge in [-0.2, -0.15) is 10.1 Å². The molecule has 2 N–H and O–H groups in total. The zero-order valence-corrected chi connectivity index (χ0v) is 12.4. The second-order valence-corrected chi connectivity index (χ2v) is 4.98. The highest BCUT2D eigenvalue weighted by Crippen LogP contribution is 2.09. The third kappa shape index (κ3) is 4.47. The minimum atomic E-state index is -0.246. The van der Waals surface area contributed by atoms with Crippen molar-refractivity contribution in [3.8, 4) is 0 Å². The van der Waals surface area contributed by atoms with Crippen LogP contribution in [0.3, 0.4) is 0 Å². The van der Waals surface area contributed by atoms with Crippen LogP contribution in [0.5, 0.6) is 0 Å². The molecular weight excluding hydrogens is 293 g/mol. The number of nitrogens with one attached hydrogen (secondary N) is 2. The molecule has 1 heterocycles. The Morgan fingerprint density at radius 2 is 1.52 bits per heavy atom. The van der Waals surface area contributed by atoms with E-state index in [1.807, 2.05) is 30.3 Å². The lowest BCUT2D eigenvalue weighted by atomic mass is 10.2. The smallest absolute Gasteiger partial charge is 0.244 e. The van der Waals surface area contributed by atoms with Gasteiger partial charge in [-0.1, -0.05) is 42.5 Å². The van der Waals surface area contributed by atoms with Crippen LogP contribution in [-0.2, 0) is 13.1 Å². The molecule has 3 rings (SSSR count). The summed E-state index contributed by atoms with van der Waals surface area (Å²) in [4.78, 5) is 4.35. The molecule has 0 atom stereocenters. The van der Waals surface area contributed by atoms with E-state index in [-0.39, 0.29) is 5.82 Å². The minimum absolute atomic E-state index is 0.246. The molecule has 0 saturated heterocycles. The van der Waals surface area contributed by atoms with E-state index < -0.39 is 0 Å². The molecule has 0 spiro atoms. The van der Waals surface area contributed by atoms with Gasteiger partial charge in [-0.05, 0) is 23.3 Å². The van der Waals surface area contributed by atoms with Crippen molar-refractivity contribution in [2.75, 3.05) is 10.6 Å². The number of hydrogen-bond donors (Lipinski definition) is 2. The third-order valence-corrected chi connectivity index (χ3v) is 3.24. The summed E-state index contributed by atoms with van der Waals surface area (Å²) in [6.07, 6.45) is 1.55. The van der Waals surface area contributed by atoms with Crippen LogP contribution in [0, 0.1) is 5.82 Å². The Hall–Kier alpha value is -3.02. The Kier molecular flexibility index (Phi) is 4.73. The number of hydrogen-bond acceptors (Lipinski definition) is 5. The van der Waals surface area contributed by atoms with E-state index in [0.29, 0.717) is 24.9 Å². The zero-order valence-electron chi connectivity index (χ0n) is 12.4. The monoisotopic (exact) mass is 309 g/mol. The predicted octanol–water partition coefficient (Wildman–Crippen LogP) is 3.23. The fourth-order valence-corrected chi connectivity index (χ4v) is 2.04. The van der Waals surface area contributed by atoms with E-state index >= 15 is 0 Å². The Labute approximate surface area is 133 Å². The maximum Gasteiger partial charge on any atom is 0.244 e. The molecule has 23 heavy (non-hydrogen) atoms. The molecule has 3 aromatic rings. The van der Waals surface area contributed by atoms with Crippen LogP contribution in [0.15, 0.2) is 60.8 Å². The maximum atomic E-state index is 12.9. The van der Waals surface area contributed by atoms with Crippen molar-refractivity contribution in [3.05, 3.63) is 77.7 Å². The summed E-state index contributed by atoms with van der Waals surface area (Å²) in [5, 5.41) is 14.2. The van der Waals surface area contributed by atoms with Gasteiger partial charge < -0.3 is 10.6 Å². The number of anilines is 2. The Morgan fingerprint density at radius 3 is 2.30 bits per heavy atom. The highest BCUT2D eigenvalue weighted by Gasteiger charge is 2.01. The fraction of sp³-hybridized carbons (Fsp3) is 0.118. The van der Waals surface area contributed by atoms with Crippen molar-refractivity contribution in [2.45, 2.75) is 13.1 Å². The van der Waals surface area contributed by atoms with Crippen LogP contribution in [-0.4, -0.2) is 15.2 Å². The standard InChI is InChI=1S/C17H16FN5/c18-15-8-6-14(7-9-15)10-19-16-12-21-23-17(22-16)20-11-13-4-2-1-3-5-13/h1-9,12H,10-11H2,(H2,19,20,22,23). The first-order chi connectivity index (χ1) is 11.3. The van der Waals surface area contributed by atoms with Gasteiger partial charge in [0.15, 0.2) is 5.82 Å². The number of nitrogens with zero attached hydrogens (tertiary/aromatic N) is 3. The lowest BCUT2D eigenvalue weighted by Crippen LogP contribution is -2.08. The summed E-state index contributed by atoms with van der Waals surface area (Å²) in [5.74, 6) is 0.822. The van der Waals surface area contributed by atoms with Gasteiger partial charge >= 0.3 is 0 Å². The van der Waals surface area contributed by atoms with Gasteiger partial charge in [0.05, 0.1) is 6.20 Å². The van der Waals surface area contributed by atoms with Gasteiger partial charge in [0, 0.05) is 13.1 Å². The molecule has 5 nitrogen and oxygen atoms in total. The van der Waals surface area contributed by atoms with E-state index in [9.17, 15) is 4.39 Å². The Balaban J connectivity index is 1.57. The Bertz CT molecular complexity index is 746. The van der Waals surface area contributed by atoms with E-state index in [2.05, 4.69) is 25.8 Å². The summed E-state index contributed by atoms with van der Waals surface area (Å²) in [7, 11) is 0. The minimum Gasteiger partial charge on any atom is -0.365 e. The van der Waals surface area contributed by atoms with Crippen LogP contribution in [0.2, 0.25) is 0 Å². The van der Waals surface area contributed by atoms with Crippen molar-refractivity contribution in [2.24, 2.45) is 0 Å². The molecule has 6 heteroatoms. The quantitative estimate of drug-likeness (QED) is 0.732. The normalized spacial score (nSPS) is 10.3. The molecule has 0 bridgehead atoms. The highest BCUT2D eigenvalue weighted by molar-refractivity contribution is 5.38. The average molecular weight is 309 g/mol. The van der Waals surface area contributed by atoms with Gasteiger partial charge in [0.25, 0.3) is 0 Å². The van der Waals surface area contributed by atoms with E-state index in [1.54, 1.807) is 18.3 Å². The first-order valence-electron chi connectivity index (χ1n) is 7.25. The predicted molar refractivity (Wildman–Crippen MR) is 87.3 cm³/mol. The van der Waals surface area contributed by atoms with Gasteiger partial charge in [-0.15, -0.1) is 5.10 Å². The largest absolute Gasteiger partial charge is 0.365 e. The first-order valence-corrected chi connectivity index (χ1v) is 7.25. The molecule has 2 aromatic carbocycles. The number of halogens is 1. The molecule has 0 aliphatic carbocycles. The van der Waals surface area contributed by atoms with Crippen LogP contribution in [0.4, 0.5) is 16.2 Å². The highest BCUT2D eigenvalue weighted by atomic mass is 19.1. The molecule has 0 fully saturated rings. The van der Waals surface area contributed by atoms with Gasteiger partial charge in [0.1, 0.15) is 5.82 Å².